The number of nitrogens with one attached hydrogen (secondary N) is 2. The number of carbonyl (C=O) groups excluding carboxylic acids is 1. The van der Waals surface area contributed by atoms with Crippen molar-refractivity contribution < 1.29 is 13.6 Å². The van der Waals surface area contributed by atoms with Gasteiger partial charge in [0.2, 0.25) is 5.91 Å². The van der Waals surface area contributed by atoms with Gasteiger partial charge in [0.25, 0.3) is 0 Å². The van der Waals surface area contributed by atoms with Gasteiger partial charge in [-0.1, -0.05) is 48.5 Å². The molecule has 0 spiro atoms. The highest BCUT2D eigenvalue weighted by Crippen LogP contribution is 2.53. The van der Waals surface area contributed by atoms with Crippen LogP contribution in [0.15, 0.2) is 66.7 Å². The summed E-state index contributed by atoms with van der Waals surface area (Å²) in [6, 6.07) is 20.3. The van der Waals surface area contributed by atoms with E-state index in [9.17, 15) is 13.6 Å². The van der Waals surface area contributed by atoms with Crippen molar-refractivity contribution in [2.75, 3.05) is 11.9 Å². The fourth-order valence-corrected chi connectivity index (χ4v) is 5.80. The van der Waals surface area contributed by atoms with Gasteiger partial charge in [0, 0.05) is 34.4 Å². The zero-order chi connectivity index (χ0) is 22.7. The number of amides is 1. The first-order chi connectivity index (χ1) is 16.0. The molecule has 1 aromatic heterocycles. The summed E-state index contributed by atoms with van der Waals surface area (Å²) >= 11 is 0. The van der Waals surface area contributed by atoms with Crippen molar-refractivity contribution in [3.63, 3.8) is 0 Å². The molecule has 0 bridgehead atoms. The molecule has 2 aliphatic rings. The maximum Gasteiger partial charge on any atom is 0.228 e. The molecule has 3 aromatic carbocycles. The fraction of sp³-hybridized carbons (Fsp3) is 0.222. The minimum absolute atomic E-state index is 0.0785. The van der Waals surface area contributed by atoms with Crippen LogP contribution >= 0.6 is 0 Å². The summed E-state index contributed by atoms with van der Waals surface area (Å²) in [4.78, 5) is 18.8. The number of benzene rings is 3. The van der Waals surface area contributed by atoms with E-state index in [1.54, 1.807) is 4.90 Å². The van der Waals surface area contributed by atoms with Crippen molar-refractivity contribution in [3.8, 4) is 0 Å². The number of H-pyrrole nitrogens is 1. The minimum Gasteiger partial charge on any atom is -0.364 e. The smallest absolute Gasteiger partial charge is 0.228 e. The van der Waals surface area contributed by atoms with E-state index in [0.717, 1.165) is 40.3 Å². The average molecular weight is 443 g/mol. The summed E-state index contributed by atoms with van der Waals surface area (Å²) in [6.45, 7) is 2.64. The normalized spacial score (nSPS) is 21.2. The zero-order valence-corrected chi connectivity index (χ0v) is 18.2. The van der Waals surface area contributed by atoms with Crippen LogP contribution in [-0.4, -0.2) is 28.5 Å². The van der Waals surface area contributed by atoms with Crippen molar-refractivity contribution in [2.45, 2.75) is 31.3 Å². The fourth-order valence-electron chi connectivity index (χ4n) is 5.80. The third-order valence-electron chi connectivity index (χ3n) is 7.33. The van der Waals surface area contributed by atoms with Crippen LogP contribution in [0, 0.1) is 18.6 Å². The Morgan fingerprint density at radius 3 is 2.70 bits per heavy atom. The van der Waals surface area contributed by atoms with E-state index in [2.05, 4.69) is 35.4 Å². The number of anilines is 1. The summed E-state index contributed by atoms with van der Waals surface area (Å²) < 4.78 is 28.0. The van der Waals surface area contributed by atoms with Crippen molar-refractivity contribution in [1.82, 2.24) is 9.88 Å². The van der Waals surface area contributed by atoms with Crippen molar-refractivity contribution >= 4 is 22.5 Å². The molecule has 3 heterocycles. The summed E-state index contributed by atoms with van der Waals surface area (Å²) in [5, 5.41) is 4.73. The van der Waals surface area contributed by atoms with E-state index < -0.39 is 17.0 Å². The van der Waals surface area contributed by atoms with Gasteiger partial charge in [-0.2, -0.15) is 0 Å². The SMILES string of the molecule is Cc1c(C23CCN(C(=O)Cc4cccc(F)c4F)C2Nc2ccccc23)[nH]c2ccccc12. The first-order valence-electron chi connectivity index (χ1n) is 11.2. The van der Waals surface area contributed by atoms with E-state index in [1.807, 2.05) is 30.3 Å². The number of hydrogen-bond acceptors (Lipinski definition) is 2. The number of aromatic nitrogens is 1. The second-order valence-corrected chi connectivity index (χ2v) is 8.96. The van der Waals surface area contributed by atoms with Crippen LogP contribution in [0.5, 0.6) is 0 Å². The molecule has 4 nitrogen and oxygen atoms in total. The number of fused-ring (bicyclic) bond motifs is 4. The zero-order valence-electron chi connectivity index (χ0n) is 18.2. The lowest BCUT2D eigenvalue weighted by molar-refractivity contribution is -0.131. The molecular formula is C27H23F2N3O. The molecule has 4 aromatic rings. The van der Waals surface area contributed by atoms with Gasteiger partial charge in [-0.15, -0.1) is 0 Å². The molecule has 6 heteroatoms. The topological polar surface area (TPSA) is 48.1 Å². The summed E-state index contributed by atoms with van der Waals surface area (Å²) in [6.07, 6.45) is 0.234. The highest BCUT2D eigenvalue weighted by molar-refractivity contribution is 5.87. The first kappa shape index (κ1) is 20.0. The lowest BCUT2D eigenvalue weighted by atomic mass is 9.75. The van der Waals surface area contributed by atoms with Gasteiger partial charge in [-0.25, -0.2) is 8.78 Å². The molecule has 0 saturated carbocycles. The Kier molecular flexibility index (Phi) is 4.34. The van der Waals surface area contributed by atoms with Gasteiger partial charge in [0.05, 0.1) is 11.8 Å². The van der Waals surface area contributed by atoms with Gasteiger partial charge in [-0.05, 0) is 42.7 Å². The highest BCUT2D eigenvalue weighted by atomic mass is 19.2. The van der Waals surface area contributed by atoms with E-state index in [4.69, 9.17) is 0 Å². The number of aromatic amines is 1. The van der Waals surface area contributed by atoms with Crippen LogP contribution < -0.4 is 5.32 Å². The summed E-state index contributed by atoms with van der Waals surface area (Å²) in [5.41, 5.74) is 5.10. The lowest BCUT2D eigenvalue weighted by Crippen LogP contribution is -2.47. The molecule has 0 radical (unpaired) electrons. The van der Waals surface area contributed by atoms with E-state index >= 15 is 0 Å². The lowest BCUT2D eigenvalue weighted by Gasteiger charge is -2.33. The second kappa shape index (κ2) is 7.17. The number of nitrogens with zero attached hydrogens (tertiary/aromatic N) is 1. The Labute approximate surface area is 190 Å². The third-order valence-corrected chi connectivity index (χ3v) is 7.33. The molecular weight excluding hydrogens is 420 g/mol. The molecule has 2 aliphatic heterocycles. The molecule has 1 amide bonds. The number of hydrogen-bond donors (Lipinski definition) is 2. The molecule has 2 atom stereocenters. The molecule has 6 rings (SSSR count). The first-order valence-corrected chi connectivity index (χ1v) is 11.2. The van der Waals surface area contributed by atoms with Gasteiger partial charge in [0.1, 0.15) is 6.17 Å². The second-order valence-electron chi connectivity index (χ2n) is 8.96. The number of rotatable bonds is 3. The molecule has 0 aliphatic carbocycles. The van der Waals surface area contributed by atoms with Crippen molar-refractivity contribution in [3.05, 3.63) is 101 Å². The molecule has 1 fully saturated rings. The summed E-state index contributed by atoms with van der Waals surface area (Å²) in [7, 11) is 0. The van der Waals surface area contributed by atoms with Gasteiger partial charge < -0.3 is 15.2 Å². The predicted molar refractivity (Wildman–Crippen MR) is 124 cm³/mol. The van der Waals surface area contributed by atoms with Crippen LogP contribution in [0.4, 0.5) is 14.5 Å². The Balaban J connectivity index is 1.45. The quantitative estimate of drug-likeness (QED) is 0.453. The van der Waals surface area contributed by atoms with Gasteiger partial charge in [0.15, 0.2) is 11.6 Å². The number of para-hydroxylation sites is 2. The van der Waals surface area contributed by atoms with E-state index in [0.29, 0.717) is 6.54 Å². The molecule has 33 heavy (non-hydrogen) atoms. The summed E-state index contributed by atoms with van der Waals surface area (Å²) in [5.74, 6) is -2.11. The predicted octanol–water partition coefficient (Wildman–Crippen LogP) is 5.27. The number of carbonyl (C=O) groups is 1. The van der Waals surface area contributed by atoms with Crippen LogP contribution in [-0.2, 0) is 16.6 Å². The number of likely N-dealkylation sites (tertiary alicyclic amines) is 1. The maximum atomic E-state index is 14.3. The molecule has 2 N–H and O–H groups in total. The van der Waals surface area contributed by atoms with Crippen LogP contribution in [0.3, 0.4) is 0 Å². The Morgan fingerprint density at radius 1 is 1.06 bits per heavy atom. The maximum absolute atomic E-state index is 14.3. The van der Waals surface area contributed by atoms with Gasteiger partial charge >= 0.3 is 0 Å². The Bertz CT molecular complexity index is 1410. The standard InChI is InChI=1S/C27H23F2N3O/c1-16-18-8-2-4-11-21(18)30-25(16)27-13-14-32(26(27)31-22-12-5-3-9-19(22)27)23(33)15-17-7-6-10-20(28)24(17)29/h2-12,26,30-31H,13-15H2,1H3. The average Bonchev–Trinajstić information content (AvgIpc) is 3.46. The van der Waals surface area contributed by atoms with Crippen molar-refractivity contribution in [1.29, 1.82) is 0 Å². The van der Waals surface area contributed by atoms with Gasteiger partial charge in [-0.3, -0.25) is 4.79 Å². The van der Waals surface area contributed by atoms with E-state index in [1.165, 1.54) is 17.7 Å². The monoisotopic (exact) mass is 443 g/mol. The van der Waals surface area contributed by atoms with E-state index in [-0.39, 0.29) is 24.1 Å². The van der Waals surface area contributed by atoms with Crippen LogP contribution in [0.2, 0.25) is 0 Å². The van der Waals surface area contributed by atoms with Crippen LogP contribution in [0.1, 0.15) is 28.8 Å². The van der Waals surface area contributed by atoms with Crippen LogP contribution in [0.25, 0.3) is 10.9 Å². The molecule has 2 unspecified atom stereocenters. The third kappa shape index (κ3) is 2.76. The number of aryl methyl sites for hydroxylation is 1. The Morgan fingerprint density at radius 2 is 1.85 bits per heavy atom. The molecule has 1 saturated heterocycles. The Hall–Kier alpha value is -3.67. The number of halogens is 2. The highest BCUT2D eigenvalue weighted by Gasteiger charge is 2.57. The minimum atomic E-state index is -0.953. The molecule has 166 valence electrons. The van der Waals surface area contributed by atoms with Crippen molar-refractivity contribution in [2.24, 2.45) is 0 Å². The largest absolute Gasteiger partial charge is 0.364 e.